The molecular weight excluding hydrogens is 414 g/mol. The van der Waals surface area contributed by atoms with E-state index in [1.165, 1.54) is 12.5 Å². The van der Waals surface area contributed by atoms with E-state index in [0.717, 1.165) is 38.7 Å². The lowest BCUT2D eigenvalue weighted by molar-refractivity contribution is -0.131. The minimum Gasteiger partial charge on any atom is -0.426 e. The topological polar surface area (TPSA) is 31.2 Å². The lowest BCUT2D eigenvalue weighted by Crippen LogP contribution is -2.02. The molecule has 4 heteroatoms. The Bertz CT molecular complexity index is 1140. The van der Waals surface area contributed by atoms with Crippen LogP contribution in [0.2, 0.25) is 0 Å². The fourth-order valence-electron chi connectivity index (χ4n) is 3.67. The van der Waals surface area contributed by atoms with Gasteiger partial charge in [-0.05, 0) is 42.3 Å². The summed E-state index contributed by atoms with van der Waals surface area (Å²) in [5, 5.41) is 0.966. The highest BCUT2D eigenvalue weighted by Gasteiger charge is 2.20. The third kappa shape index (κ3) is 3.48. The van der Waals surface area contributed by atoms with Crippen LogP contribution in [0.1, 0.15) is 18.2 Å². The first kappa shape index (κ1) is 18.5. The molecule has 1 heterocycles. The van der Waals surface area contributed by atoms with E-state index in [2.05, 4.69) is 69.9 Å². The molecule has 3 aromatic carbocycles. The van der Waals surface area contributed by atoms with Crippen LogP contribution >= 0.6 is 15.9 Å². The van der Waals surface area contributed by atoms with Gasteiger partial charge in [0.25, 0.3) is 0 Å². The molecule has 140 valence electrons. The molecular formula is C24H20BrNO2. The van der Waals surface area contributed by atoms with E-state index in [4.69, 9.17) is 4.74 Å². The van der Waals surface area contributed by atoms with Crippen molar-refractivity contribution in [1.82, 2.24) is 4.57 Å². The predicted molar refractivity (Wildman–Crippen MR) is 117 cm³/mol. The standard InChI is InChI=1S/C24H20BrNO2/c1-16-23(19-11-13-20(25)14-12-19)24-21(9-6-10-22(24)28-17(2)27)26(16)15-18-7-4-3-5-8-18/h3-14H,15H2,1-2H3. The summed E-state index contributed by atoms with van der Waals surface area (Å²) in [6.07, 6.45) is 0. The van der Waals surface area contributed by atoms with Gasteiger partial charge in [-0.15, -0.1) is 0 Å². The van der Waals surface area contributed by atoms with Crippen molar-refractivity contribution in [3.63, 3.8) is 0 Å². The summed E-state index contributed by atoms with van der Waals surface area (Å²) >= 11 is 3.51. The van der Waals surface area contributed by atoms with Gasteiger partial charge in [-0.1, -0.05) is 64.5 Å². The van der Waals surface area contributed by atoms with Gasteiger partial charge in [-0.2, -0.15) is 0 Å². The van der Waals surface area contributed by atoms with Crippen molar-refractivity contribution in [1.29, 1.82) is 0 Å². The summed E-state index contributed by atoms with van der Waals surface area (Å²) in [4.78, 5) is 11.7. The Morgan fingerprint density at radius 2 is 1.68 bits per heavy atom. The summed E-state index contributed by atoms with van der Waals surface area (Å²) in [5.74, 6) is 0.278. The first-order chi connectivity index (χ1) is 13.5. The monoisotopic (exact) mass is 433 g/mol. The highest BCUT2D eigenvalue weighted by atomic mass is 79.9. The average molecular weight is 434 g/mol. The second kappa shape index (κ2) is 7.64. The van der Waals surface area contributed by atoms with Crippen molar-refractivity contribution in [2.75, 3.05) is 0 Å². The Balaban J connectivity index is 1.99. The maximum absolute atomic E-state index is 11.7. The maximum Gasteiger partial charge on any atom is 0.308 e. The summed E-state index contributed by atoms with van der Waals surface area (Å²) in [6.45, 7) is 4.31. The molecule has 0 saturated carbocycles. The van der Waals surface area contributed by atoms with Gasteiger partial charge < -0.3 is 9.30 Å². The van der Waals surface area contributed by atoms with Gasteiger partial charge in [0, 0.05) is 29.2 Å². The summed E-state index contributed by atoms with van der Waals surface area (Å²) in [5.41, 5.74) is 5.61. The van der Waals surface area contributed by atoms with Crippen LogP contribution in [0.4, 0.5) is 0 Å². The smallest absolute Gasteiger partial charge is 0.308 e. The zero-order valence-corrected chi connectivity index (χ0v) is 17.4. The number of benzene rings is 3. The number of hydrogen-bond acceptors (Lipinski definition) is 2. The number of halogens is 1. The first-order valence-electron chi connectivity index (χ1n) is 9.14. The van der Waals surface area contributed by atoms with Crippen molar-refractivity contribution >= 4 is 32.8 Å². The van der Waals surface area contributed by atoms with Crippen LogP contribution in [-0.4, -0.2) is 10.5 Å². The lowest BCUT2D eigenvalue weighted by atomic mass is 10.0. The van der Waals surface area contributed by atoms with Gasteiger partial charge in [0.05, 0.1) is 10.9 Å². The van der Waals surface area contributed by atoms with E-state index in [0.29, 0.717) is 5.75 Å². The number of nitrogens with zero attached hydrogens (tertiary/aromatic N) is 1. The molecule has 1 aromatic heterocycles. The number of rotatable bonds is 4. The minimum atomic E-state index is -0.317. The van der Waals surface area contributed by atoms with Crippen LogP contribution in [0.5, 0.6) is 5.75 Å². The molecule has 4 rings (SSSR count). The van der Waals surface area contributed by atoms with Gasteiger partial charge in [-0.3, -0.25) is 4.79 Å². The number of hydrogen-bond donors (Lipinski definition) is 0. The third-order valence-electron chi connectivity index (χ3n) is 4.88. The molecule has 0 N–H and O–H groups in total. The van der Waals surface area contributed by atoms with E-state index in [-0.39, 0.29) is 5.97 Å². The van der Waals surface area contributed by atoms with Gasteiger partial charge in [0.15, 0.2) is 0 Å². The second-order valence-electron chi connectivity index (χ2n) is 6.78. The first-order valence-corrected chi connectivity index (χ1v) is 9.94. The van der Waals surface area contributed by atoms with E-state index in [1.807, 2.05) is 30.3 Å². The zero-order valence-electron chi connectivity index (χ0n) is 15.8. The van der Waals surface area contributed by atoms with Crippen molar-refractivity contribution in [2.24, 2.45) is 0 Å². The van der Waals surface area contributed by atoms with Crippen LogP contribution in [0, 0.1) is 6.92 Å². The highest BCUT2D eigenvalue weighted by molar-refractivity contribution is 9.10. The number of ether oxygens (including phenoxy) is 1. The van der Waals surface area contributed by atoms with E-state index in [1.54, 1.807) is 0 Å². The lowest BCUT2D eigenvalue weighted by Gasteiger charge is -2.09. The zero-order chi connectivity index (χ0) is 19.7. The number of fused-ring (bicyclic) bond motifs is 1. The Hall–Kier alpha value is -2.85. The SMILES string of the molecule is CC(=O)Oc1cccc2c1c(-c1ccc(Br)cc1)c(C)n2Cc1ccccc1. The minimum absolute atomic E-state index is 0.317. The molecule has 3 nitrogen and oxygen atoms in total. The van der Waals surface area contributed by atoms with E-state index >= 15 is 0 Å². The molecule has 0 amide bonds. The molecule has 0 saturated heterocycles. The van der Waals surface area contributed by atoms with Crippen LogP contribution in [0.3, 0.4) is 0 Å². The van der Waals surface area contributed by atoms with Crippen LogP contribution in [0.15, 0.2) is 77.3 Å². The van der Waals surface area contributed by atoms with Gasteiger partial charge in [-0.25, -0.2) is 0 Å². The van der Waals surface area contributed by atoms with Crippen LogP contribution in [-0.2, 0) is 11.3 Å². The van der Waals surface area contributed by atoms with Gasteiger partial charge in [0.1, 0.15) is 5.75 Å². The summed E-state index contributed by atoms with van der Waals surface area (Å²) in [7, 11) is 0. The van der Waals surface area contributed by atoms with E-state index < -0.39 is 0 Å². The number of aromatic nitrogens is 1. The highest BCUT2D eigenvalue weighted by Crippen LogP contribution is 2.40. The molecule has 0 aliphatic heterocycles. The van der Waals surface area contributed by atoms with Gasteiger partial charge >= 0.3 is 5.97 Å². The van der Waals surface area contributed by atoms with Crippen molar-refractivity contribution in [3.8, 4) is 16.9 Å². The Labute approximate surface area is 172 Å². The van der Waals surface area contributed by atoms with Crippen molar-refractivity contribution in [3.05, 3.63) is 88.5 Å². The Morgan fingerprint density at radius 3 is 2.36 bits per heavy atom. The summed E-state index contributed by atoms with van der Waals surface area (Å²) in [6, 6.07) is 24.5. The average Bonchev–Trinajstić information content (AvgIpc) is 2.96. The van der Waals surface area contributed by atoms with Crippen molar-refractivity contribution < 1.29 is 9.53 Å². The largest absolute Gasteiger partial charge is 0.426 e. The number of carbonyl (C=O) groups is 1. The van der Waals surface area contributed by atoms with Crippen LogP contribution < -0.4 is 4.74 Å². The fourth-order valence-corrected chi connectivity index (χ4v) is 3.94. The third-order valence-corrected chi connectivity index (χ3v) is 5.41. The molecule has 28 heavy (non-hydrogen) atoms. The normalized spacial score (nSPS) is 11.0. The van der Waals surface area contributed by atoms with E-state index in [9.17, 15) is 4.79 Å². The predicted octanol–water partition coefficient (Wildman–Crippen LogP) is 6.35. The quantitative estimate of drug-likeness (QED) is 0.277. The number of carbonyl (C=O) groups excluding carboxylic acids is 1. The molecule has 0 fully saturated rings. The molecule has 0 radical (unpaired) electrons. The summed E-state index contributed by atoms with van der Waals surface area (Å²) < 4.78 is 8.89. The Kier molecular flexibility index (Phi) is 5.05. The Morgan fingerprint density at radius 1 is 0.964 bits per heavy atom. The molecule has 0 aliphatic rings. The van der Waals surface area contributed by atoms with Crippen LogP contribution in [0.25, 0.3) is 22.0 Å². The van der Waals surface area contributed by atoms with Gasteiger partial charge in [0.2, 0.25) is 0 Å². The fraction of sp³-hybridized carbons (Fsp3) is 0.125. The molecule has 0 spiro atoms. The molecule has 0 aliphatic carbocycles. The molecule has 0 atom stereocenters. The molecule has 0 unspecified atom stereocenters. The maximum atomic E-state index is 11.7. The molecule has 0 bridgehead atoms. The number of esters is 1. The second-order valence-corrected chi connectivity index (χ2v) is 7.70. The molecule has 4 aromatic rings. The van der Waals surface area contributed by atoms with Crippen molar-refractivity contribution in [2.45, 2.75) is 20.4 Å².